The van der Waals surface area contributed by atoms with E-state index in [1.54, 1.807) is 47.9 Å². The maximum Gasteiger partial charge on any atom is 0.182 e. The van der Waals surface area contributed by atoms with Crippen LogP contribution in [0.4, 0.5) is 11.5 Å². The molecule has 0 fully saturated rings. The second kappa shape index (κ2) is 4.65. The maximum absolute atomic E-state index is 9.74. The Kier molecular flexibility index (Phi) is 2.83. The zero-order chi connectivity index (χ0) is 14.1. The summed E-state index contributed by atoms with van der Waals surface area (Å²) in [6.45, 7) is 1.79. The van der Waals surface area contributed by atoms with Crippen LogP contribution < -0.4 is 0 Å². The zero-order valence-electron chi connectivity index (χ0n) is 10.7. The molecule has 3 aromatic rings. The van der Waals surface area contributed by atoms with Crippen LogP contribution in [0.2, 0.25) is 0 Å². The van der Waals surface area contributed by atoms with Crippen molar-refractivity contribution in [2.24, 2.45) is 10.2 Å². The SMILES string of the molecule is Cc1nc2c(O)cccn2c1N=Nc1cccc(O)c1. The minimum absolute atomic E-state index is 0.0920. The van der Waals surface area contributed by atoms with Crippen molar-refractivity contribution in [2.75, 3.05) is 0 Å². The Morgan fingerprint density at radius 3 is 2.75 bits per heavy atom. The number of imidazole rings is 1. The van der Waals surface area contributed by atoms with Crippen LogP contribution >= 0.6 is 0 Å². The van der Waals surface area contributed by atoms with E-state index in [1.807, 2.05) is 0 Å². The molecule has 2 aromatic heterocycles. The number of fused-ring (bicyclic) bond motifs is 1. The summed E-state index contributed by atoms with van der Waals surface area (Å²) in [6.07, 6.45) is 1.76. The fourth-order valence-corrected chi connectivity index (χ4v) is 1.93. The van der Waals surface area contributed by atoms with Crippen molar-refractivity contribution < 1.29 is 10.2 Å². The molecule has 0 saturated carbocycles. The third-order valence-electron chi connectivity index (χ3n) is 2.86. The third-order valence-corrected chi connectivity index (χ3v) is 2.86. The number of hydrogen-bond donors (Lipinski definition) is 2. The van der Waals surface area contributed by atoms with E-state index in [-0.39, 0.29) is 11.5 Å². The Morgan fingerprint density at radius 1 is 1.10 bits per heavy atom. The van der Waals surface area contributed by atoms with Gasteiger partial charge in [-0.05, 0) is 31.2 Å². The second-order valence-electron chi connectivity index (χ2n) is 4.33. The molecule has 6 heteroatoms. The van der Waals surface area contributed by atoms with Gasteiger partial charge in [0.1, 0.15) is 5.75 Å². The Morgan fingerprint density at radius 2 is 1.95 bits per heavy atom. The fraction of sp³-hybridized carbons (Fsp3) is 0.0714. The number of hydrogen-bond acceptors (Lipinski definition) is 5. The fourth-order valence-electron chi connectivity index (χ4n) is 1.93. The van der Waals surface area contributed by atoms with Gasteiger partial charge in [0.05, 0.1) is 11.4 Å². The van der Waals surface area contributed by atoms with E-state index < -0.39 is 0 Å². The lowest BCUT2D eigenvalue weighted by molar-refractivity contribution is 0.475. The molecule has 1 aromatic carbocycles. The van der Waals surface area contributed by atoms with Crippen LogP contribution in [0.1, 0.15) is 5.69 Å². The van der Waals surface area contributed by atoms with Crippen molar-refractivity contribution >= 4 is 17.2 Å². The van der Waals surface area contributed by atoms with Crippen LogP contribution in [0.15, 0.2) is 52.8 Å². The number of aromatic nitrogens is 2. The van der Waals surface area contributed by atoms with Crippen molar-refractivity contribution in [3.8, 4) is 11.5 Å². The summed E-state index contributed by atoms with van der Waals surface area (Å²) < 4.78 is 1.66. The lowest BCUT2D eigenvalue weighted by Crippen LogP contribution is -1.82. The van der Waals surface area contributed by atoms with Crippen molar-refractivity contribution in [3.63, 3.8) is 0 Å². The summed E-state index contributed by atoms with van der Waals surface area (Å²) in [5.41, 5.74) is 1.64. The van der Waals surface area contributed by atoms with Crippen molar-refractivity contribution in [1.82, 2.24) is 9.38 Å². The van der Waals surface area contributed by atoms with E-state index in [0.717, 1.165) is 0 Å². The van der Waals surface area contributed by atoms with Crippen LogP contribution in [0.25, 0.3) is 5.65 Å². The summed E-state index contributed by atoms with van der Waals surface area (Å²) in [5, 5.41) is 27.3. The molecule has 0 saturated heterocycles. The van der Waals surface area contributed by atoms with Crippen molar-refractivity contribution in [3.05, 3.63) is 48.3 Å². The number of pyridine rings is 1. The minimum atomic E-state index is 0.0920. The number of aromatic hydroxyl groups is 2. The van der Waals surface area contributed by atoms with Crippen LogP contribution in [-0.2, 0) is 0 Å². The average molecular weight is 268 g/mol. The van der Waals surface area contributed by atoms with Gasteiger partial charge in [-0.15, -0.1) is 10.2 Å². The van der Waals surface area contributed by atoms with Crippen LogP contribution in [0, 0.1) is 6.92 Å². The quantitative estimate of drug-likeness (QED) is 0.698. The molecule has 0 atom stereocenters. The van der Waals surface area contributed by atoms with Gasteiger partial charge in [-0.1, -0.05) is 6.07 Å². The van der Waals surface area contributed by atoms with Gasteiger partial charge in [0.15, 0.2) is 17.2 Å². The highest BCUT2D eigenvalue weighted by atomic mass is 16.3. The molecule has 0 aliphatic heterocycles. The molecule has 0 aliphatic carbocycles. The van der Waals surface area contributed by atoms with Crippen LogP contribution in [0.5, 0.6) is 11.5 Å². The maximum atomic E-state index is 9.74. The molecule has 20 heavy (non-hydrogen) atoms. The lowest BCUT2D eigenvalue weighted by atomic mass is 10.3. The first-order valence-corrected chi connectivity index (χ1v) is 6.02. The molecule has 0 amide bonds. The number of azo groups is 1. The molecular formula is C14H12N4O2. The number of phenolic OH excluding ortho intramolecular Hbond substituents is 1. The lowest BCUT2D eigenvalue weighted by Gasteiger charge is -1.97. The zero-order valence-corrected chi connectivity index (χ0v) is 10.7. The normalized spacial score (nSPS) is 11.4. The van der Waals surface area contributed by atoms with Gasteiger partial charge in [0.2, 0.25) is 0 Å². The Balaban J connectivity index is 2.07. The topological polar surface area (TPSA) is 82.5 Å². The number of rotatable bonds is 2. The molecule has 0 bridgehead atoms. The number of benzene rings is 1. The van der Waals surface area contributed by atoms with E-state index in [1.165, 1.54) is 6.07 Å². The van der Waals surface area contributed by atoms with Gasteiger partial charge in [-0.2, -0.15) is 0 Å². The van der Waals surface area contributed by atoms with Gasteiger partial charge in [-0.25, -0.2) is 4.98 Å². The number of phenols is 1. The summed E-state index contributed by atoms with van der Waals surface area (Å²) in [5.74, 6) is 0.766. The number of aryl methyl sites for hydroxylation is 1. The Hall–Kier alpha value is -2.89. The highest BCUT2D eigenvalue weighted by Crippen LogP contribution is 2.28. The highest BCUT2D eigenvalue weighted by Gasteiger charge is 2.10. The number of nitrogens with zero attached hydrogens (tertiary/aromatic N) is 4. The van der Waals surface area contributed by atoms with Crippen molar-refractivity contribution in [1.29, 1.82) is 0 Å². The molecule has 2 heterocycles. The second-order valence-corrected chi connectivity index (χ2v) is 4.33. The van der Waals surface area contributed by atoms with Crippen molar-refractivity contribution in [2.45, 2.75) is 6.92 Å². The largest absolute Gasteiger partial charge is 0.508 e. The molecular weight excluding hydrogens is 256 g/mol. The highest BCUT2D eigenvalue weighted by molar-refractivity contribution is 5.59. The van der Waals surface area contributed by atoms with Gasteiger partial charge in [0, 0.05) is 12.3 Å². The van der Waals surface area contributed by atoms with Crippen LogP contribution in [-0.4, -0.2) is 19.6 Å². The Labute approximate surface area is 114 Å². The summed E-state index contributed by atoms with van der Waals surface area (Å²) in [7, 11) is 0. The van der Waals surface area contributed by atoms with Gasteiger partial charge in [-0.3, -0.25) is 4.40 Å². The molecule has 3 rings (SSSR count). The van der Waals surface area contributed by atoms with E-state index in [4.69, 9.17) is 0 Å². The molecule has 0 radical (unpaired) electrons. The minimum Gasteiger partial charge on any atom is -0.508 e. The summed E-state index contributed by atoms with van der Waals surface area (Å²) >= 11 is 0. The molecule has 0 aliphatic rings. The van der Waals surface area contributed by atoms with Crippen LogP contribution in [0.3, 0.4) is 0 Å². The first kappa shape index (κ1) is 12.2. The predicted octanol–water partition coefficient (Wildman–Crippen LogP) is 3.47. The first-order valence-electron chi connectivity index (χ1n) is 6.02. The smallest absolute Gasteiger partial charge is 0.182 e. The summed E-state index contributed by atoms with van der Waals surface area (Å²) in [6, 6.07) is 9.78. The van der Waals surface area contributed by atoms with E-state index >= 15 is 0 Å². The third kappa shape index (κ3) is 2.07. The summed E-state index contributed by atoms with van der Waals surface area (Å²) in [4.78, 5) is 4.25. The molecule has 6 nitrogen and oxygen atoms in total. The molecule has 2 N–H and O–H groups in total. The van der Waals surface area contributed by atoms with Gasteiger partial charge in [0.25, 0.3) is 0 Å². The Bertz CT molecular complexity index is 808. The molecule has 0 spiro atoms. The van der Waals surface area contributed by atoms with E-state index in [2.05, 4.69) is 15.2 Å². The first-order chi connectivity index (χ1) is 9.65. The van der Waals surface area contributed by atoms with Gasteiger partial charge < -0.3 is 10.2 Å². The van der Waals surface area contributed by atoms with E-state index in [9.17, 15) is 10.2 Å². The average Bonchev–Trinajstić information content (AvgIpc) is 2.74. The van der Waals surface area contributed by atoms with E-state index in [0.29, 0.717) is 22.8 Å². The predicted molar refractivity (Wildman–Crippen MR) is 73.9 cm³/mol. The standard InChI is InChI=1S/C14H12N4O2/c1-9-13(17-16-10-4-2-5-11(19)8-10)18-7-3-6-12(20)14(18)15-9/h2-8,19-20H,1H3. The molecule has 100 valence electrons. The van der Waals surface area contributed by atoms with Gasteiger partial charge >= 0.3 is 0 Å². The monoisotopic (exact) mass is 268 g/mol. The molecule has 0 unspecified atom stereocenters.